The lowest BCUT2D eigenvalue weighted by Gasteiger charge is -2.45. The molecule has 1 saturated carbocycles. The molecule has 4 nitrogen and oxygen atoms in total. The van der Waals surface area contributed by atoms with Crippen molar-refractivity contribution in [3.8, 4) is 0 Å². The number of likely N-dealkylation sites (tertiary alicyclic amines) is 1. The molecule has 1 aliphatic carbocycles. The Morgan fingerprint density at radius 2 is 1.73 bits per heavy atom. The molecule has 2 aliphatic rings. The summed E-state index contributed by atoms with van der Waals surface area (Å²) in [6.45, 7) is 0. The number of carboxylic acids is 1. The first kappa shape index (κ1) is 15.1. The van der Waals surface area contributed by atoms with Gasteiger partial charge in [-0.25, -0.2) is 0 Å². The van der Waals surface area contributed by atoms with Crippen LogP contribution in [0.3, 0.4) is 0 Å². The number of piperidine rings is 1. The van der Waals surface area contributed by atoms with Gasteiger partial charge >= 0.3 is 5.97 Å². The average molecular weight is 301 g/mol. The second-order valence-electron chi connectivity index (χ2n) is 6.43. The van der Waals surface area contributed by atoms with Gasteiger partial charge in [-0.15, -0.1) is 0 Å². The van der Waals surface area contributed by atoms with Gasteiger partial charge in [-0.2, -0.15) is 0 Å². The van der Waals surface area contributed by atoms with Crippen LogP contribution in [0, 0.1) is 5.92 Å². The summed E-state index contributed by atoms with van der Waals surface area (Å²) >= 11 is 0. The Morgan fingerprint density at radius 3 is 2.36 bits per heavy atom. The van der Waals surface area contributed by atoms with Crippen molar-refractivity contribution >= 4 is 11.9 Å². The first-order valence-corrected chi connectivity index (χ1v) is 8.27. The number of carbonyl (C=O) groups excluding carboxylic acids is 1. The fraction of sp³-hybridized carbons (Fsp3) is 0.556. The van der Waals surface area contributed by atoms with Gasteiger partial charge in [-0.1, -0.05) is 49.6 Å². The van der Waals surface area contributed by atoms with E-state index in [1.165, 1.54) is 6.42 Å². The number of carboxylic acid groups (broad SMARTS) is 1. The van der Waals surface area contributed by atoms with Gasteiger partial charge in [0.2, 0.25) is 5.91 Å². The van der Waals surface area contributed by atoms with Crippen LogP contribution in [0.15, 0.2) is 30.3 Å². The monoisotopic (exact) mass is 301 g/mol. The SMILES string of the molecule is O=C(O)[C@H]1CCC(=O)N(C2CCCCC2)[C@@H]1c1ccccc1. The van der Waals surface area contributed by atoms with E-state index < -0.39 is 11.9 Å². The van der Waals surface area contributed by atoms with Crippen LogP contribution < -0.4 is 0 Å². The van der Waals surface area contributed by atoms with Crippen LogP contribution in [0.4, 0.5) is 0 Å². The molecule has 22 heavy (non-hydrogen) atoms. The summed E-state index contributed by atoms with van der Waals surface area (Å²) < 4.78 is 0. The van der Waals surface area contributed by atoms with Gasteiger partial charge < -0.3 is 10.0 Å². The van der Waals surface area contributed by atoms with Crippen LogP contribution in [0.5, 0.6) is 0 Å². The van der Waals surface area contributed by atoms with Crippen molar-refractivity contribution in [3.05, 3.63) is 35.9 Å². The highest BCUT2D eigenvalue weighted by atomic mass is 16.4. The summed E-state index contributed by atoms with van der Waals surface area (Å²) in [5.41, 5.74) is 0.952. The molecule has 1 aromatic rings. The third-order valence-electron chi connectivity index (χ3n) is 5.06. The van der Waals surface area contributed by atoms with Gasteiger partial charge in [-0.05, 0) is 24.8 Å². The van der Waals surface area contributed by atoms with E-state index in [0.717, 1.165) is 31.2 Å². The second-order valence-corrected chi connectivity index (χ2v) is 6.43. The van der Waals surface area contributed by atoms with Crippen molar-refractivity contribution in [3.63, 3.8) is 0 Å². The van der Waals surface area contributed by atoms with Crippen molar-refractivity contribution in [2.75, 3.05) is 0 Å². The number of nitrogens with zero attached hydrogens (tertiary/aromatic N) is 1. The third-order valence-corrected chi connectivity index (χ3v) is 5.06. The van der Waals surface area contributed by atoms with Crippen molar-refractivity contribution in [1.29, 1.82) is 0 Å². The Labute approximate surface area is 131 Å². The number of aliphatic carboxylic acids is 1. The van der Waals surface area contributed by atoms with Crippen LogP contribution in [0.2, 0.25) is 0 Å². The van der Waals surface area contributed by atoms with E-state index in [1.807, 2.05) is 35.2 Å². The maximum atomic E-state index is 12.6. The zero-order chi connectivity index (χ0) is 15.5. The van der Waals surface area contributed by atoms with Gasteiger partial charge in [0.25, 0.3) is 0 Å². The van der Waals surface area contributed by atoms with Crippen molar-refractivity contribution < 1.29 is 14.7 Å². The highest BCUT2D eigenvalue weighted by Gasteiger charge is 2.43. The third kappa shape index (κ3) is 2.87. The fourth-order valence-corrected chi connectivity index (χ4v) is 4.01. The lowest BCUT2D eigenvalue weighted by Crippen LogP contribution is -2.50. The van der Waals surface area contributed by atoms with Gasteiger partial charge in [-0.3, -0.25) is 9.59 Å². The zero-order valence-electron chi connectivity index (χ0n) is 12.8. The highest BCUT2D eigenvalue weighted by molar-refractivity contribution is 5.82. The van der Waals surface area contributed by atoms with E-state index in [9.17, 15) is 14.7 Å². The van der Waals surface area contributed by atoms with E-state index in [-0.39, 0.29) is 18.0 Å². The first-order valence-electron chi connectivity index (χ1n) is 8.27. The largest absolute Gasteiger partial charge is 0.481 e. The van der Waals surface area contributed by atoms with E-state index in [0.29, 0.717) is 12.8 Å². The fourth-order valence-electron chi connectivity index (χ4n) is 4.01. The Hall–Kier alpha value is -1.84. The molecule has 118 valence electrons. The quantitative estimate of drug-likeness (QED) is 0.931. The van der Waals surface area contributed by atoms with Crippen molar-refractivity contribution in [2.45, 2.75) is 57.0 Å². The average Bonchev–Trinajstić information content (AvgIpc) is 2.56. The number of amides is 1. The lowest BCUT2D eigenvalue weighted by atomic mass is 9.81. The molecule has 0 bridgehead atoms. The van der Waals surface area contributed by atoms with Gasteiger partial charge in [0.15, 0.2) is 0 Å². The maximum absolute atomic E-state index is 12.6. The molecule has 0 unspecified atom stereocenters. The minimum atomic E-state index is -0.790. The Morgan fingerprint density at radius 1 is 1.05 bits per heavy atom. The summed E-state index contributed by atoms with van der Waals surface area (Å²) in [5, 5.41) is 9.63. The number of benzene rings is 1. The van der Waals surface area contributed by atoms with Gasteiger partial charge in [0.05, 0.1) is 12.0 Å². The molecule has 1 aliphatic heterocycles. The van der Waals surface area contributed by atoms with E-state index in [4.69, 9.17) is 0 Å². The number of hydrogen-bond acceptors (Lipinski definition) is 2. The summed E-state index contributed by atoms with van der Waals surface area (Å²) in [4.78, 5) is 26.2. The summed E-state index contributed by atoms with van der Waals surface area (Å²) in [6.07, 6.45) is 6.29. The first-order chi connectivity index (χ1) is 10.7. The van der Waals surface area contributed by atoms with Crippen molar-refractivity contribution in [2.24, 2.45) is 5.92 Å². The molecule has 1 N–H and O–H groups in total. The lowest BCUT2D eigenvalue weighted by molar-refractivity contribution is -0.154. The number of rotatable bonds is 3. The smallest absolute Gasteiger partial charge is 0.308 e. The topological polar surface area (TPSA) is 57.6 Å². The van der Waals surface area contributed by atoms with Crippen LogP contribution in [-0.2, 0) is 9.59 Å². The molecule has 1 aromatic carbocycles. The van der Waals surface area contributed by atoms with Crippen molar-refractivity contribution in [1.82, 2.24) is 4.90 Å². The summed E-state index contributed by atoms with van der Waals surface area (Å²) in [6, 6.07) is 9.56. The number of hydrogen-bond donors (Lipinski definition) is 1. The second kappa shape index (κ2) is 6.51. The maximum Gasteiger partial charge on any atom is 0.308 e. The molecule has 1 amide bonds. The standard InChI is InChI=1S/C18H23NO3/c20-16-12-11-15(18(21)22)17(13-7-3-1-4-8-13)19(16)14-9-5-2-6-10-14/h1,3-4,7-8,14-15,17H,2,5-6,9-12H2,(H,21,22)/t15-,17+/m0/s1. The normalized spacial score (nSPS) is 26.9. The molecule has 2 atom stereocenters. The van der Waals surface area contributed by atoms with Crippen LogP contribution in [0.25, 0.3) is 0 Å². The molecule has 3 rings (SSSR count). The Bertz CT molecular complexity index is 537. The molecular formula is C18H23NO3. The molecule has 1 heterocycles. The van der Waals surface area contributed by atoms with E-state index >= 15 is 0 Å². The molecule has 2 fully saturated rings. The molecule has 0 radical (unpaired) electrons. The van der Waals surface area contributed by atoms with Gasteiger partial charge in [0, 0.05) is 12.5 Å². The minimum absolute atomic E-state index is 0.123. The predicted molar refractivity (Wildman–Crippen MR) is 83.3 cm³/mol. The Kier molecular flexibility index (Phi) is 4.46. The highest BCUT2D eigenvalue weighted by Crippen LogP contribution is 2.40. The van der Waals surface area contributed by atoms with Crippen LogP contribution >= 0.6 is 0 Å². The molecule has 1 saturated heterocycles. The van der Waals surface area contributed by atoms with E-state index in [1.54, 1.807) is 0 Å². The minimum Gasteiger partial charge on any atom is -0.481 e. The molecular weight excluding hydrogens is 278 g/mol. The molecule has 4 heteroatoms. The number of carbonyl (C=O) groups is 2. The zero-order valence-corrected chi connectivity index (χ0v) is 12.8. The summed E-state index contributed by atoms with van der Waals surface area (Å²) in [7, 11) is 0. The Balaban J connectivity index is 1.97. The van der Waals surface area contributed by atoms with E-state index in [2.05, 4.69) is 0 Å². The molecule has 0 spiro atoms. The van der Waals surface area contributed by atoms with Crippen LogP contribution in [0.1, 0.15) is 56.6 Å². The predicted octanol–water partition coefficient (Wildman–Crippen LogP) is 3.38. The summed E-state index contributed by atoms with van der Waals surface area (Å²) in [5.74, 6) is -1.16. The van der Waals surface area contributed by atoms with Crippen LogP contribution in [-0.4, -0.2) is 27.9 Å². The van der Waals surface area contributed by atoms with Gasteiger partial charge in [0.1, 0.15) is 0 Å². The molecule has 0 aromatic heterocycles.